The Kier molecular flexibility index (Phi) is 2.96. The molecule has 0 nitrogen and oxygen atoms in total. The first-order valence-corrected chi connectivity index (χ1v) is 5.02. The Morgan fingerprint density at radius 3 is 2.33 bits per heavy atom. The molecule has 0 aliphatic heterocycles. The smallest absolute Gasteiger partial charge is 0.0618 e. The van der Waals surface area contributed by atoms with Crippen LogP contribution in [0.1, 0.15) is 0 Å². The van der Waals surface area contributed by atoms with Gasteiger partial charge in [0.25, 0.3) is 0 Å². The lowest BCUT2D eigenvalue weighted by Crippen LogP contribution is -2.05. The van der Waals surface area contributed by atoms with E-state index in [1.807, 2.05) is 0 Å². The second-order valence-corrected chi connectivity index (χ2v) is 4.57. The molecule has 0 N–H and O–H groups in total. The van der Waals surface area contributed by atoms with Gasteiger partial charge in [-0.1, -0.05) is 11.3 Å². The van der Waals surface area contributed by atoms with Crippen molar-refractivity contribution in [1.82, 2.24) is 0 Å². The van der Waals surface area contributed by atoms with Crippen LogP contribution in [0.2, 0.25) is 0 Å². The normalized spacial score (nSPS) is 9.67. The Morgan fingerprint density at radius 1 is 1.22 bits per heavy atom. The van der Waals surface area contributed by atoms with Gasteiger partial charge in [-0.15, -0.1) is 0 Å². The van der Waals surface area contributed by atoms with E-state index in [0.29, 0.717) is 0 Å². The second-order valence-electron chi connectivity index (χ2n) is 1.62. The van der Waals surface area contributed by atoms with Crippen molar-refractivity contribution < 1.29 is 0 Å². The van der Waals surface area contributed by atoms with E-state index in [-0.39, 0.29) is 0 Å². The molecule has 3 radical (unpaired) electrons. The summed E-state index contributed by atoms with van der Waals surface area (Å²) in [5, 5.41) is 1.16. The molecule has 0 spiro atoms. The van der Waals surface area contributed by atoms with Gasteiger partial charge in [0.1, 0.15) is 0 Å². The first kappa shape index (κ1) is 8.00. The van der Waals surface area contributed by atoms with Crippen LogP contribution in [0.15, 0.2) is 18.2 Å². The van der Waals surface area contributed by atoms with Crippen LogP contribution in [0.4, 0.5) is 0 Å². The average Bonchev–Trinajstić information content (AvgIpc) is 1.80. The first-order chi connectivity index (χ1) is 4.20. The minimum absolute atomic E-state index is 1.16. The Balaban J connectivity index is 3.17. The predicted octanol–water partition coefficient (Wildman–Crippen LogP) is 1.69. The molecule has 0 atom stereocenters. The van der Waals surface area contributed by atoms with Crippen molar-refractivity contribution in [3.63, 3.8) is 0 Å². The molecule has 1 rings (SSSR count). The van der Waals surface area contributed by atoms with Gasteiger partial charge in [-0.3, -0.25) is 0 Å². The number of hydrogen-bond donors (Lipinski definition) is 0. The van der Waals surface area contributed by atoms with Crippen molar-refractivity contribution in [3.8, 4) is 0 Å². The first-order valence-electron chi connectivity index (χ1n) is 2.37. The van der Waals surface area contributed by atoms with E-state index >= 15 is 0 Å². The lowest BCUT2D eigenvalue weighted by atomic mass is 10.4. The van der Waals surface area contributed by atoms with Crippen LogP contribution in [0.3, 0.4) is 0 Å². The summed E-state index contributed by atoms with van der Waals surface area (Å²) in [5.74, 6) is 0. The van der Waals surface area contributed by atoms with Crippen molar-refractivity contribution in [3.05, 3.63) is 25.3 Å². The molecule has 0 amide bonds. The monoisotopic (exact) mass is 357 g/mol. The lowest BCUT2D eigenvalue weighted by molar-refractivity contribution is 1.64. The summed E-state index contributed by atoms with van der Waals surface area (Å²) in [4.78, 5) is 0. The molecule has 0 saturated heterocycles. The zero-order valence-electron chi connectivity index (χ0n) is 4.49. The van der Waals surface area contributed by atoms with Gasteiger partial charge in [0.2, 0.25) is 0 Å². The van der Waals surface area contributed by atoms with Gasteiger partial charge in [0.15, 0.2) is 0 Å². The van der Waals surface area contributed by atoms with Gasteiger partial charge in [0.05, 0.1) is 10.2 Å². The van der Waals surface area contributed by atoms with E-state index in [1.54, 1.807) is 0 Å². The molecule has 45 valence electrons. The number of halogens is 2. The minimum Gasteiger partial charge on any atom is -0.0618 e. The van der Waals surface area contributed by atoms with Crippen LogP contribution in [-0.2, 0) is 0 Å². The molecular formula is C6H3I2Si. The van der Waals surface area contributed by atoms with Gasteiger partial charge >= 0.3 is 0 Å². The SMILES string of the molecule is [Si]c1ccc(I)cc1I. The minimum atomic E-state index is 1.16. The molecule has 0 saturated carbocycles. The molecule has 1 aromatic carbocycles. The Morgan fingerprint density at radius 2 is 1.89 bits per heavy atom. The highest BCUT2D eigenvalue weighted by molar-refractivity contribution is 14.1. The average molecular weight is 357 g/mol. The van der Waals surface area contributed by atoms with Crippen molar-refractivity contribution in [2.45, 2.75) is 0 Å². The van der Waals surface area contributed by atoms with Crippen molar-refractivity contribution in [1.29, 1.82) is 0 Å². The van der Waals surface area contributed by atoms with E-state index in [1.165, 1.54) is 7.14 Å². The summed E-state index contributed by atoms with van der Waals surface area (Å²) in [7, 11) is 3.47. The molecule has 0 heterocycles. The molecule has 0 aromatic heterocycles. The number of benzene rings is 1. The second kappa shape index (κ2) is 3.34. The van der Waals surface area contributed by atoms with Crippen LogP contribution in [0.5, 0.6) is 0 Å². The molecule has 0 fully saturated rings. The van der Waals surface area contributed by atoms with Gasteiger partial charge in [-0.05, 0) is 57.3 Å². The van der Waals surface area contributed by atoms with Gasteiger partial charge in [0, 0.05) is 7.14 Å². The Labute approximate surface area is 85.1 Å². The summed E-state index contributed by atoms with van der Waals surface area (Å²) < 4.78 is 2.54. The maximum absolute atomic E-state index is 3.47. The van der Waals surface area contributed by atoms with E-state index in [4.69, 9.17) is 0 Å². The van der Waals surface area contributed by atoms with Gasteiger partial charge < -0.3 is 0 Å². The summed E-state index contributed by atoms with van der Waals surface area (Å²) >= 11 is 4.59. The molecule has 0 bridgehead atoms. The zero-order valence-corrected chi connectivity index (χ0v) is 9.80. The Hall–Kier alpha value is 0.897. The van der Waals surface area contributed by atoms with Gasteiger partial charge in [-0.2, -0.15) is 0 Å². The highest BCUT2D eigenvalue weighted by Gasteiger charge is 1.91. The molecule has 3 heteroatoms. The third kappa shape index (κ3) is 2.19. The summed E-state index contributed by atoms with van der Waals surface area (Å²) in [6.45, 7) is 0. The van der Waals surface area contributed by atoms with Crippen molar-refractivity contribution in [2.75, 3.05) is 0 Å². The maximum Gasteiger partial charge on any atom is 0.0726 e. The van der Waals surface area contributed by atoms with Crippen LogP contribution in [0.25, 0.3) is 0 Å². The third-order valence-corrected chi connectivity index (χ3v) is 3.44. The highest BCUT2D eigenvalue weighted by atomic mass is 127. The molecule has 0 aliphatic carbocycles. The summed E-state index contributed by atoms with van der Waals surface area (Å²) in [5.41, 5.74) is 0. The highest BCUT2D eigenvalue weighted by Crippen LogP contribution is 2.06. The van der Waals surface area contributed by atoms with Crippen LogP contribution >= 0.6 is 45.2 Å². The fourth-order valence-electron chi connectivity index (χ4n) is 0.489. The predicted molar refractivity (Wildman–Crippen MR) is 57.3 cm³/mol. The lowest BCUT2D eigenvalue weighted by Gasteiger charge is -1.95. The fourth-order valence-corrected chi connectivity index (χ4v) is 2.25. The van der Waals surface area contributed by atoms with E-state index in [0.717, 1.165) is 5.19 Å². The number of rotatable bonds is 0. The summed E-state index contributed by atoms with van der Waals surface area (Å²) in [6.07, 6.45) is 0. The third-order valence-electron chi connectivity index (χ3n) is 0.931. The zero-order chi connectivity index (χ0) is 6.85. The Bertz CT molecular complexity index is 222. The van der Waals surface area contributed by atoms with Crippen LogP contribution < -0.4 is 5.19 Å². The molecule has 0 aliphatic rings. The standard InChI is InChI=1S/C6H3I2Si/c7-4-1-2-6(9)5(8)3-4/h1-3H. The molecule has 9 heavy (non-hydrogen) atoms. The van der Waals surface area contributed by atoms with E-state index < -0.39 is 0 Å². The molecular weight excluding hydrogens is 354 g/mol. The van der Waals surface area contributed by atoms with Crippen LogP contribution in [0, 0.1) is 7.14 Å². The number of hydrogen-bond acceptors (Lipinski definition) is 0. The van der Waals surface area contributed by atoms with Crippen molar-refractivity contribution in [2.24, 2.45) is 0 Å². The topological polar surface area (TPSA) is 0 Å². The largest absolute Gasteiger partial charge is 0.0726 e. The van der Waals surface area contributed by atoms with Crippen LogP contribution in [-0.4, -0.2) is 10.2 Å². The van der Waals surface area contributed by atoms with E-state index in [2.05, 4.69) is 73.6 Å². The van der Waals surface area contributed by atoms with Crippen molar-refractivity contribution >= 4 is 60.6 Å². The van der Waals surface area contributed by atoms with E-state index in [9.17, 15) is 0 Å². The summed E-state index contributed by atoms with van der Waals surface area (Å²) in [6, 6.07) is 6.26. The fraction of sp³-hybridized carbons (Fsp3) is 0. The molecule has 0 unspecified atom stereocenters. The molecule has 1 aromatic rings. The maximum atomic E-state index is 3.47. The van der Waals surface area contributed by atoms with Gasteiger partial charge in [-0.25, -0.2) is 0 Å². The quantitative estimate of drug-likeness (QED) is 0.490.